The van der Waals surface area contributed by atoms with Crippen LogP contribution in [0.3, 0.4) is 0 Å². The average molecular weight is 482 g/mol. The number of rotatable bonds is 7. The van der Waals surface area contributed by atoms with E-state index in [0.29, 0.717) is 12.4 Å². The van der Waals surface area contributed by atoms with E-state index < -0.39 is 0 Å². The second-order valence-corrected chi connectivity index (χ2v) is 7.76. The quantitative estimate of drug-likeness (QED) is 0.353. The summed E-state index contributed by atoms with van der Waals surface area (Å²) in [6, 6.07) is 0. The molecule has 1 aliphatic heterocycles. The van der Waals surface area contributed by atoms with Crippen molar-refractivity contribution in [3.05, 3.63) is 17.3 Å². The minimum Gasteiger partial charge on any atom is -0.444 e. The van der Waals surface area contributed by atoms with Crippen LogP contribution >= 0.6 is 35.7 Å². The number of thioether (sulfide) groups is 1. The van der Waals surface area contributed by atoms with Gasteiger partial charge in [-0.3, -0.25) is 0 Å². The van der Waals surface area contributed by atoms with Crippen LogP contribution in [-0.2, 0) is 11.3 Å². The van der Waals surface area contributed by atoms with Crippen molar-refractivity contribution in [2.75, 3.05) is 32.1 Å². The van der Waals surface area contributed by atoms with Gasteiger partial charge < -0.3 is 19.8 Å². The van der Waals surface area contributed by atoms with Crippen LogP contribution in [-0.4, -0.2) is 47.7 Å². The normalized spacial score (nSPS) is 17.0. The third-order valence-electron chi connectivity index (χ3n) is 4.22. The lowest BCUT2D eigenvalue weighted by atomic mass is 9.99. The third kappa shape index (κ3) is 6.97. The highest BCUT2D eigenvalue weighted by Crippen LogP contribution is 2.34. The Morgan fingerprint density at radius 3 is 2.52 bits per heavy atom. The Labute approximate surface area is 172 Å². The van der Waals surface area contributed by atoms with Crippen LogP contribution in [0.4, 0.5) is 0 Å². The summed E-state index contributed by atoms with van der Waals surface area (Å²) in [6.07, 6.45) is 2.16. The molecule has 0 spiro atoms. The topological polar surface area (TPSA) is 71.7 Å². The van der Waals surface area contributed by atoms with Crippen molar-refractivity contribution in [3.8, 4) is 0 Å². The van der Waals surface area contributed by atoms with Crippen LogP contribution in [0.25, 0.3) is 0 Å². The SMILES string of the molecule is CCNC(=NCc1nc(C)c(C)o1)NCC1(SCC)CCOCC1.I. The fraction of sp³-hybridized carbons (Fsp3) is 0.765. The Bertz CT molecular complexity index is 520. The molecule has 0 saturated carbocycles. The summed E-state index contributed by atoms with van der Waals surface area (Å²) < 4.78 is 11.4. The van der Waals surface area contributed by atoms with Gasteiger partial charge in [0.25, 0.3) is 0 Å². The van der Waals surface area contributed by atoms with Crippen LogP contribution in [0.1, 0.15) is 44.0 Å². The molecule has 2 rings (SSSR count). The fourth-order valence-corrected chi connectivity index (χ4v) is 4.00. The van der Waals surface area contributed by atoms with Crippen molar-refractivity contribution in [2.45, 2.75) is 51.8 Å². The van der Waals surface area contributed by atoms with Crippen LogP contribution in [0.15, 0.2) is 9.41 Å². The Hall–Kier alpha value is -0.480. The second-order valence-electron chi connectivity index (χ2n) is 6.03. The molecular weight excluding hydrogens is 451 g/mol. The largest absolute Gasteiger partial charge is 0.444 e. The first-order valence-electron chi connectivity index (χ1n) is 8.75. The van der Waals surface area contributed by atoms with Gasteiger partial charge in [0, 0.05) is 31.1 Å². The maximum Gasteiger partial charge on any atom is 0.216 e. The first-order valence-corrected chi connectivity index (χ1v) is 9.74. The minimum atomic E-state index is 0. The summed E-state index contributed by atoms with van der Waals surface area (Å²) >= 11 is 2.02. The van der Waals surface area contributed by atoms with Crippen molar-refractivity contribution >= 4 is 41.7 Å². The van der Waals surface area contributed by atoms with Crippen molar-refractivity contribution in [2.24, 2.45) is 4.99 Å². The van der Waals surface area contributed by atoms with E-state index in [2.05, 4.69) is 34.5 Å². The summed E-state index contributed by atoms with van der Waals surface area (Å²) in [5.74, 6) is 3.45. The fourth-order valence-electron chi connectivity index (χ4n) is 2.76. The predicted molar refractivity (Wildman–Crippen MR) is 115 cm³/mol. The van der Waals surface area contributed by atoms with Crippen molar-refractivity contribution in [3.63, 3.8) is 0 Å². The number of aryl methyl sites for hydroxylation is 2. The standard InChI is InChI=1S/C17H30N4O2S.HI/c1-5-18-16(19-11-15-21-13(3)14(4)23-15)20-12-17(24-6-2)7-9-22-10-8-17;/h5-12H2,1-4H3,(H2,18,19,20);1H. The third-order valence-corrected chi connectivity index (χ3v) is 5.68. The molecule has 0 aliphatic carbocycles. The zero-order chi connectivity index (χ0) is 17.4. The average Bonchev–Trinajstić information content (AvgIpc) is 2.90. The summed E-state index contributed by atoms with van der Waals surface area (Å²) in [7, 11) is 0. The van der Waals surface area contributed by atoms with E-state index in [1.165, 1.54) is 0 Å². The highest BCUT2D eigenvalue weighted by atomic mass is 127. The van der Waals surface area contributed by atoms with E-state index in [0.717, 1.165) is 62.3 Å². The summed E-state index contributed by atoms with van der Waals surface area (Å²) in [5.41, 5.74) is 0.929. The van der Waals surface area contributed by atoms with Gasteiger partial charge in [-0.25, -0.2) is 9.98 Å². The maximum atomic E-state index is 5.60. The number of aromatic nitrogens is 1. The molecule has 0 radical (unpaired) electrons. The number of aliphatic imine (C=N–C) groups is 1. The molecule has 2 N–H and O–H groups in total. The number of nitrogens with zero attached hydrogens (tertiary/aromatic N) is 2. The number of guanidine groups is 1. The van der Waals surface area contributed by atoms with Gasteiger partial charge in [0.1, 0.15) is 12.3 Å². The summed E-state index contributed by atoms with van der Waals surface area (Å²) in [5, 5.41) is 6.80. The Morgan fingerprint density at radius 2 is 1.96 bits per heavy atom. The van der Waals surface area contributed by atoms with Crippen LogP contribution in [0, 0.1) is 13.8 Å². The molecule has 8 heteroatoms. The zero-order valence-electron chi connectivity index (χ0n) is 15.7. The highest BCUT2D eigenvalue weighted by molar-refractivity contribution is 14.0. The molecule has 1 aromatic rings. The lowest BCUT2D eigenvalue weighted by Gasteiger charge is -2.37. The number of nitrogens with one attached hydrogen (secondary N) is 2. The van der Waals surface area contributed by atoms with Gasteiger partial charge in [-0.05, 0) is 39.4 Å². The molecule has 2 heterocycles. The molecule has 6 nitrogen and oxygen atoms in total. The van der Waals surface area contributed by atoms with Gasteiger partial charge in [-0.1, -0.05) is 6.92 Å². The van der Waals surface area contributed by atoms with Gasteiger partial charge in [0.15, 0.2) is 5.96 Å². The van der Waals surface area contributed by atoms with Gasteiger partial charge >= 0.3 is 0 Å². The number of hydrogen-bond acceptors (Lipinski definition) is 5. The molecule has 1 saturated heterocycles. The van der Waals surface area contributed by atoms with Crippen LogP contribution < -0.4 is 10.6 Å². The first-order chi connectivity index (χ1) is 11.6. The smallest absolute Gasteiger partial charge is 0.216 e. The van der Waals surface area contributed by atoms with Crippen molar-refractivity contribution in [1.82, 2.24) is 15.6 Å². The summed E-state index contributed by atoms with van der Waals surface area (Å²) in [4.78, 5) is 9.00. The molecule has 0 atom stereocenters. The Balaban J connectivity index is 0.00000312. The van der Waals surface area contributed by atoms with E-state index in [4.69, 9.17) is 9.15 Å². The minimum absolute atomic E-state index is 0. The molecule has 1 aromatic heterocycles. The number of hydrogen-bond donors (Lipinski definition) is 2. The van der Waals surface area contributed by atoms with Crippen molar-refractivity contribution in [1.29, 1.82) is 0 Å². The first kappa shape index (κ1) is 22.6. The maximum absolute atomic E-state index is 5.60. The van der Waals surface area contributed by atoms with Gasteiger partial charge in [0.2, 0.25) is 5.89 Å². The van der Waals surface area contributed by atoms with E-state index in [1.54, 1.807) is 0 Å². The lowest BCUT2D eigenvalue weighted by Crippen LogP contribution is -2.48. The zero-order valence-corrected chi connectivity index (χ0v) is 18.8. The van der Waals surface area contributed by atoms with Gasteiger partial charge in [-0.15, -0.1) is 24.0 Å². The molecule has 1 aliphatic rings. The van der Waals surface area contributed by atoms with E-state index in [1.807, 2.05) is 25.6 Å². The molecule has 0 amide bonds. The molecule has 25 heavy (non-hydrogen) atoms. The van der Waals surface area contributed by atoms with Gasteiger partial charge in [-0.2, -0.15) is 11.8 Å². The van der Waals surface area contributed by atoms with Crippen molar-refractivity contribution < 1.29 is 9.15 Å². The predicted octanol–water partition coefficient (Wildman–Crippen LogP) is 3.27. The van der Waals surface area contributed by atoms with E-state index >= 15 is 0 Å². The number of halogens is 1. The molecule has 144 valence electrons. The molecule has 0 aromatic carbocycles. The lowest BCUT2D eigenvalue weighted by molar-refractivity contribution is 0.0782. The summed E-state index contributed by atoms with van der Waals surface area (Å²) in [6.45, 7) is 12.0. The molecule has 0 unspecified atom stereocenters. The van der Waals surface area contributed by atoms with Crippen LogP contribution in [0.5, 0.6) is 0 Å². The monoisotopic (exact) mass is 482 g/mol. The highest BCUT2D eigenvalue weighted by Gasteiger charge is 2.32. The molecule has 1 fully saturated rings. The second kappa shape index (κ2) is 11.3. The van der Waals surface area contributed by atoms with E-state index in [-0.39, 0.29) is 28.7 Å². The number of oxazole rings is 1. The number of ether oxygens (including phenoxy) is 1. The van der Waals surface area contributed by atoms with Crippen LogP contribution in [0.2, 0.25) is 0 Å². The van der Waals surface area contributed by atoms with Gasteiger partial charge in [0.05, 0.1) is 5.69 Å². The van der Waals surface area contributed by atoms with E-state index in [9.17, 15) is 0 Å². The molecule has 0 bridgehead atoms. The Kier molecular flexibility index (Phi) is 10.2. The Morgan fingerprint density at radius 1 is 1.24 bits per heavy atom. The molecular formula is C17H31IN4O2S.